The predicted molar refractivity (Wildman–Crippen MR) is 70.1 cm³/mol. The van der Waals surface area contributed by atoms with Gasteiger partial charge in [-0.05, 0) is 17.7 Å². The average Bonchev–Trinajstić information content (AvgIpc) is 2.27. The van der Waals surface area contributed by atoms with Crippen molar-refractivity contribution in [1.29, 1.82) is 0 Å². The van der Waals surface area contributed by atoms with Crippen LogP contribution in [-0.2, 0) is 0 Å². The molecule has 0 heterocycles. The molecule has 0 aliphatic carbocycles. The van der Waals surface area contributed by atoms with Crippen LogP contribution in [0.15, 0.2) is 22.7 Å². The molecule has 0 unspecified atom stereocenters. The van der Waals surface area contributed by atoms with E-state index in [2.05, 4.69) is 28.6 Å². The molecular formula is C11H13BrO2S. The Morgan fingerprint density at radius 3 is 2.40 bits per heavy atom. The summed E-state index contributed by atoms with van der Waals surface area (Å²) in [4.78, 5) is 0. The van der Waals surface area contributed by atoms with Crippen LogP contribution >= 0.6 is 28.6 Å². The Bertz CT molecular complexity index is 364. The Kier molecular flexibility index (Phi) is 5.05. The molecule has 0 atom stereocenters. The first-order valence-corrected chi connectivity index (χ1v) is 5.84. The van der Waals surface area contributed by atoms with Crippen molar-refractivity contribution >= 4 is 34.6 Å². The molecule has 0 saturated heterocycles. The molecule has 1 aromatic rings. The first kappa shape index (κ1) is 12.5. The lowest BCUT2D eigenvalue weighted by atomic mass is 10.2. The van der Waals surface area contributed by atoms with Crippen LogP contribution in [0, 0.1) is 0 Å². The molecule has 0 N–H and O–H groups in total. The van der Waals surface area contributed by atoms with Gasteiger partial charge in [0.2, 0.25) is 0 Å². The van der Waals surface area contributed by atoms with Gasteiger partial charge in [0.15, 0.2) is 11.5 Å². The van der Waals surface area contributed by atoms with E-state index in [1.807, 2.05) is 24.3 Å². The molecule has 2 nitrogen and oxygen atoms in total. The van der Waals surface area contributed by atoms with E-state index < -0.39 is 0 Å². The lowest BCUT2D eigenvalue weighted by molar-refractivity contribution is 0.354. The van der Waals surface area contributed by atoms with E-state index in [1.54, 1.807) is 14.2 Å². The van der Waals surface area contributed by atoms with E-state index >= 15 is 0 Å². The third kappa shape index (κ3) is 3.18. The van der Waals surface area contributed by atoms with Crippen LogP contribution in [0.4, 0.5) is 0 Å². The minimum atomic E-state index is 0.709. The van der Waals surface area contributed by atoms with E-state index in [9.17, 15) is 0 Å². The number of hydrogen-bond donors (Lipinski definition) is 1. The third-order valence-corrected chi connectivity index (χ3v) is 2.80. The zero-order valence-electron chi connectivity index (χ0n) is 8.66. The Morgan fingerprint density at radius 2 is 1.87 bits per heavy atom. The molecule has 0 aliphatic rings. The lowest BCUT2D eigenvalue weighted by Gasteiger charge is -2.09. The monoisotopic (exact) mass is 288 g/mol. The molecule has 1 aromatic carbocycles. The van der Waals surface area contributed by atoms with Crippen molar-refractivity contribution < 1.29 is 9.47 Å². The number of benzene rings is 1. The Morgan fingerprint density at radius 1 is 1.27 bits per heavy atom. The number of methoxy groups -OCH3 is 2. The van der Waals surface area contributed by atoms with Gasteiger partial charge in [-0.2, -0.15) is 12.6 Å². The summed E-state index contributed by atoms with van der Waals surface area (Å²) >= 11 is 7.58. The standard InChI is InChI=1S/C11H13BrO2S/c1-13-10-6-8(4-3-5-15)9(12)7-11(10)14-2/h3-4,6-7,15H,5H2,1-2H3. The van der Waals surface area contributed by atoms with Crippen LogP contribution in [0.5, 0.6) is 11.5 Å². The fourth-order valence-electron chi connectivity index (χ4n) is 1.18. The molecule has 0 aliphatic heterocycles. The molecule has 0 spiro atoms. The molecule has 82 valence electrons. The zero-order valence-corrected chi connectivity index (χ0v) is 11.1. The van der Waals surface area contributed by atoms with E-state index in [0.717, 1.165) is 15.8 Å². The van der Waals surface area contributed by atoms with Crippen LogP contribution in [-0.4, -0.2) is 20.0 Å². The Labute approximate surface area is 104 Å². The summed E-state index contributed by atoms with van der Waals surface area (Å²) in [5, 5.41) is 0. The average molecular weight is 289 g/mol. The number of rotatable bonds is 4. The summed E-state index contributed by atoms with van der Waals surface area (Å²) in [6, 6.07) is 3.81. The van der Waals surface area contributed by atoms with Crippen molar-refractivity contribution in [1.82, 2.24) is 0 Å². The second-order valence-corrected chi connectivity index (χ2v) is 4.03. The number of hydrogen-bond acceptors (Lipinski definition) is 3. The van der Waals surface area contributed by atoms with Crippen molar-refractivity contribution in [3.8, 4) is 11.5 Å². The van der Waals surface area contributed by atoms with Crippen molar-refractivity contribution in [3.05, 3.63) is 28.2 Å². The van der Waals surface area contributed by atoms with Crippen molar-refractivity contribution in [2.24, 2.45) is 0 Å². The van der Waals surface area contributed by atoms with Crippen molar-refractivity contribution in [2.75, 3.05) is 20.0 Å². The van der Waals surface area contributed by atoms with Gasteiger partial charge < -0.3 is 9.47 Å². The Balaban J connectivity index is 3.13. The summed E-state index contributed by atoms with van der Waals surface area (Å²) in [6.45, 7) is 0. The first-order chi connectivity index (χ1) is 7.22. The van der Waals surface area contributed by atoms with Crippen LogP contribution < -0.4 is 9.47 Å². The molecule has 0 saturated carbocycles. The minimum Gasteiger partial charge on any atom is -0.493 e. The summed E-state index contributed by atoms with van der Waals surface area (Å²) in [7, 11) is 3.24. The van der Waals surface area contributed by atoms with Crippen LogP contribution in [0.1, 0.15) is 5.56 Å². The molecule has 0 radical (unpaired) electrons. The highest BCUT2D eigenvalue weighted by Gasteiger charge is 2.07. The SMILES string of the molecule is COc1cc(Br)c(C=CCS)cc1OC. The van der Waals surface area contributed by atoms with E-state index in [-0.39, 0.29) is 0 Å². The van der Waals surface area contributed by atoms with E-state index in [4.69, 9.17) is 9.47 Å². The maximum Gasteiger partial charge on any atom is 0.161 e. The fourth-order valence-corrected chi connectivity index (χ4v) is 1.74. The zero-order chi connectivity index (χ0) is 11.3. The maximum absolute atomic E-state index is 5.21. The molecule has 0 amide bonds. The highest BCUT2D eigenvalue weighted by molar-refractivity contribution is 9.10. The molecule has 0 aromatic heterocycles. The minimum absolute atomic E-state index is 0.709. The van der Waals surface area contributed by atoms with Gasteiger partial charge >= 0.3 is 0 Å². The quantitative estimate of drug-likeness (QED) is 0.856. The van der Waals surface area contributed by atoms with Gasteiger partial charge in [-0.15, -0.1) is 0 Å². The van der Waals surface area contributed by atoms with Crippen molar-refractivity contribution in [2.45, 2.75) is 0 Å². The molecule has 0 fully saturated rings. The van der Waals surface area contributed by atoms with Crippen LogP contribution in [0.25, 0.3) is 6.08 Å². The van der Waals surface area contributed by atoms with Gasteiger partial charge in [-0.1, -0.05) is 28.1 Å². The lowest BCUT2D eigenvalue weighted by Crippen LogP contribution is -1.91. The Hall–Kier alpha value is -0.610. The van der Waals surface area contributed by atoms with Gasteiger partial charge in [0.05, 0.1) is 14.2 Å². The summed E-state index contributed by atoms with van der Waals surface area (Å²) in [6.07, 6.45) is 3.95. The fraction of sp³-hybridized carbons (Fsp3) is 0.273. The molecule has 15 heavy (non-hydrogen) atoms. The smallest absolute Gasteiger partial charge is 0.161 e. The van der Waals surface area contributed by atoms with Gasteiger partial charge in [0, 0.05) is 10.2 Å². The summed E-state index contributed by atoms with van der Waals surface area (Å²) < 4.78 is 11.4. The molecular weight excluding hydrogens is 276 g/mol. The predicted octanol–water partition coefficient (Wildman–Crippen LogP) is 3.41. The highest BCUT2D eigenvalue weighted by atomic mass is 79.9. The molecule has 1 rings (SSSR count). The van der Waals surface area contributed by atoms with Crippen molar-refractivity contribution in [3.63, 3.8) is 0 Å². The number of ether oxygens (including phenoxy) is 2. The van der Waals surface area contributed by atoms with Gasteiger partial charge in [-0.25, -0.2) is 0 Å². The number of halogens is 1. The second-order valence-electron chi connectivity index (χ2n) is 2.81. The van der Waals surface area contributed by atoms with Crippen LogP contribution in [0.3, 0.4) is 0 Å². The van der Waals surface area contributed by atoms with E-state index in [1.165, 1.54) is 0 Å². The first-order valence-electron chi connectivity index (χ1n) is 4.41. The van der Waals surface area contributed by atoms with Gasteiger partial charge in [-0.3, -0.25) is 0 Å². The third-order valence-electron chi connectivity index (χ3n) is 1.91. The topological polar surface area (TPSA) is 18.5 Å². The van der Waals surface area contributed by atoms with E-state index in [0.29, 0.717) is 11.5 Å². The molecule has 4 heteroatoms. The normalized spacial score (nSPS) is 10.7. The largest absolute Gasteiger partial charge is 0.493 e. The summed E-state index contributed by atoms with van der Waals surface area (Å²) in [5.74, 6) is 2.15. The molecule has 0 bridgehead atoms. The van der Waals surface area contributed by atoms with Crippen LogP contribution in [0.2, 0.25) is 0 Å². The van der Waals surface area contributed by atoms with Gasteiger partial charge in [0.1, 0.15) is 0 Å². The number of thiol groups is 1. The summed E-state index contributed by atoms with van der Waals surface area (Å²) in [5.41, 5.74) is 1.04. The van der Waals surface area contributed by atoms with Gasteiger partial charge in [0.25, 0.3) is 0 Å². The second kappa shape index (κ2) is 6.08. The highest BCUT2D eigenvalue weighted by Crippen LogP contribution is 2.33. The maximum atomic E-state index is 5.21.